The molecule has 5 heterocycles. The number of fused-ring (bicyclic) bond motifs is 7. The average molecular weight is 1170 g/mol. The summed E-state index contributed by atoms with van der Waals surface area (Å²) < 4.78 is 16.8. The van der Waals surface area contributed by atoms with Crippen LogP contribution >= 0.6 is 0 Å². The Morgan fingerprint density at radius 3 is 1.86 bits per heavy atom. The van der Waals surface area contributed by atoms with Gasteiger partial charge in [0.05, 0.1) is 22.4 Å². The van der Waals surface area contributed by atoms with Crippen LogP contribution in [0.5, 0.6) is 0 Å². The van der Waals surface area contributed by atoms with Crippen molar-refractivity contribution in [1.29, 1.82) is 0 Å². The summed E-state index contributed by atoms with van der Waals surface area (Å²) in [5, 5.41) is 4.28. The third kappa shape index (κ3) is 9.33. The van der Waals surface area contributed by atoms with Crippen molar-refractivity contribution in [3.63, 3.8) is 0 Å². The van der Waals surface area contributed by atoms with Gasteiger partial charge < -0.3 is 8.98 Å². The maximum Gasteiger partial charge on any atom is 0.121 e. The summed E-state index contributed by atoms with van der Waals surface area (Å²) in [5.74, 6) is 9.28. The Labute approximate surface area is 434 Å². The number of furan rings is 2. The van der Waals surface area contributed by atoms with Crippen LogP contribution in [-0.4, -0.2) is 32.8 Å². The van der Waals surface area contributed by atoms with E-state index in [4.69, 9.17) is 23.8 Å². The first-order chi connectivity index (χ1) is 33.5. The van der Waals surface area contributed by atoms with Gasteiger partial charge in [-0.1, -0.05) is 111 Å². The number of benzene rings is 6. The third-order valence-electron chi connectivity index (χ3n) is 13.6. The van der Waals surface area contributed by atoms with Crippen LogP contribution in [0.25, 0.3) is 94.5 Å². The van der Waals surface area contributed by atoms with Crippen molar-refractivity contribution in [3.8, 4) is 39.5 Å². The predicted octanol–water partition coefficient (Wildman–Crippen LogP) is 17.1. The Balaban J connectivity index is 0.000000181. The maximum absolute atomic E-state index is 6.66. The molecule has 6 aromatic carbocycles. The Kier molecular flexibility index (Phi) is 13.7. The van der Waals surface area contributed by atoms with Crippen molar-refractivity contribution in [3.05, 3.63) is 174 Å². The third-order valence-corrected chi connectivity index (χ3v) is 17.8. The Hall–Kier alpha value is -6.12. The number of hydrogen-bond donors (Lipinski definition) is 0. The summed E-state index contributed by atoms with van der Waals surface area (Å²) in [5.41, 5.74) is 16.5. The van der Waals surface area contributed by atoms with Crippen LogP contribution in [0.2, 0.25) is 17.3 Å². The van der Waals surface area contributed by atoms with Crippen LogP contribution < -0.4 is 4.40 Å². The van der Waals surface area contributed by atoms with E-state index >= 15 is 0 Å². The van der Waals surface area contributed by atoms with Crippen molar-refractivity contribution in [1.82, 2.24) is 19.5 Å². The van der Waals surface area contributed by atoms with E-state index < -0.39 is 13.3 Å². The van der Waals surface area contributed by atoms with Crippen LogP contribution in [0.1, 0.15) is 102 Å². The topological polar surface area (TPSA) is 69.9 Å². The van der Waals surface area contributed by atoms with Crippen LogP contribution in [0.4, 0.5) is 0 Å². The zero-order valence-electron chi connectivity index (χ0n) is 42.9. The number of pyridine rings is 2. The van der Waals surface area contributed by atoms with E-state index in [1.807, 2.05) is 18.2 Å². The Morgan fingerprint density at radius 2 is 1.20 bits per heavy atom. The van der Waals surface area contributed by atoms with Gasteiger partial charge in [0.1, 0.15) is 5.58 Å². The molecule has 0 fully saturated rings. The molecule has 0 saturated carbocycles. The van der Waals surface area contributed by atoms with Crippen molar-refractivity contribution >= 4 is 72.7 Å². The van der Waals surface area contributed by atoms with E-state index in [1.54, 1.807) is 0 Å². The molecule has 0 N–H and O–H groups in total. The molecule has 6 nitrogen and oxygen atoms in total. The van der Waals surface area contributed by atoms with Gasteiger partial charge in [-0.2, -0.15) is 0 Å². The predicted molar refractivity (Wildman–Crippen MR) is 296 cm³/mol. The standard InChI is InChI=1S/C37H31N2O.C26H31GeN2O.Ir/c1-23(2)27-14-10-15-28(24(3)4)35(27)39-33-19-9-8-18-32(33)38-37(39)31-17-11-16-30-29-21-20-26(22-34(29)40-36(30)31)25-12-6-5-7-13-25;1-16(2)20-14-22(28-15-21(20)27(6,7)8)19-11-9-10-17-18-12-13-23(26(3,4)5)29-25(18)30-24(17)19;/h5-16,18-24H,1-4H3;9-10,12-16H,1-8H3;/q2*-1;. The van der Waals surface area contributed by atoms with Crippen LogP contribution in [0.15, 0.2) is 148 Å². The molecule has 0 aliphatic heterocycles. The first-order valence-electron chi connectivity index (χ1n) is 24.8. The van der Waals surface area contributed by atoms with E-state index in [-0.39, 0.29) is 25.5 Å². The number of imidazole rings is 1. The molecule has 8 heteroatoms. The van der Waals surface area contributed by atoms with Gasteiger partial charge in [0.2, 0.25) is 0 Å². The summed E-state index contributed by atoms with van der Waals surface area (Å²) in [7, 11) is 0. The molecule has 0 bridgehead atoms. The van der Waals surface area contributed by atoms with E-state index in [9.17, 15) is 0 Å². The number of aromatic nitrogens is 4. The molecule has 11 aromatic rings. The first-order valence-corrected chi connectivity index (χ1v) is 32.1. The quantitative estimate of drug-likeness (QED) is 0.112. The summed E-state index contributed by atoms with van der Waals surface area (Å²) in [4.78, 5) is 14.9. The summed E-state index contributed by atoms with van der Waals surface area (Å²) in [6.45, 7) is 20.1. The second-order valence-corrected chi connectivity index (χ2v) is 32.3. The fourth-order valence-corrected chi connectivity index (χ4v) is 13.4. The molecule has 0 aliphatic carbocycles. The molecule has 361 valence electrons. The van der Waals surface area contributed by atoms with Gasteiger partial charge in [-0.25, -0.2) is 0 Å². The van der Waals surface area contributed by atoms with Gasteiger partial charge >= 0.3 is 182 Å². The second kappa shape index (κ2) is 19.5. The molecule has 1 radical (unpaired) electrons. The van der Waals surface area contributed by atoms with Gasteiger partial charge in [-0.05, 0) is 52.3 Å². The van der Waals surface area contributed by atoms with Gasteiger partial charge in [0, 0.05) is 31.2 Å². The molecule has 0 aliphatic rings. The second-order valence-electron chi connectivity index (χ2n) is 21.7. The van der Waals surface area contributed by atoms with Crippen LogP contribution in [0.3, 0.4) is 0 Å². The monoisotopic (exact) mass is 1170 g/mol. The zero-order valence-corrected chi connectivity index (χ0v) is 47.4. The first kappa shape index (κ1) is 49.8. The smallest absolute Gasteiger partial charge is 0.121 e. The van der Waals surface area contributed by atoms with Crippen molar-refractivity contribution in [2.75, 3.05) is 0 Å². The SMILES string of the molecule is CC(C)c1cc(-c2[c-]ccc3c2oc2nc(C(C)(C)C)ccc23)nc[c]1[Ge]([CH3])([CH3])[CH3].CC(C)c1cccc(C(C)C)c1-n1c(-c2[c-]ccc3c2oc2cc(-c4ccccc4)ccc23)nc2ccccc21.[Ir]. The minimum Gasteiger partial charge on any atom is -0.501 e. The average Bonchev–Trinajstić information content (AvgIpc) is 4.04. The molecular weight excluding hydrogens is 1110 g/mol. The maximum atomic E-state index is 6.66. The van der Waals surface area contributed by atoms with Crippen LogP contribution in [-0.2, 0) is 25.5 Å². The number of rotatable bonds is 8. The molecule has 5 aromatic heterocycles. The zero-order chi connectivity index (χ0) is 49.2. The minimum atomic E-state index is -2.01. The molecular formula is C63H62GeIrN4O2-2. The molecule has 71 heavy (non-hydrogen) atoms. The van der Waals surface area contributed by atoms with E-state index in [0.717, 1.165) is 83.2 Å². The van der Waals surface area contributed by atoms with E-state index in [0.29, 0.717) is 23.5 Å². The van der Waals surface area contributed by atoms with Crippen molar-refractivity contribution in [2.45, 2.75) is 103 Å². The Morgan fingerprint density at radius 1 is 0.577 bits per heavy atom. The number of hydrogen-bond acceptors (Lipinski definition) is 5. The summed E-state index contributed by atoms with van der Waals surface area (Å²) in [6, 6.07) is 53.5. The fraction of sp³-hybridized carbons (Fsp3) is 0.254. The molecule has 11 rings (SSSR count). The van der Waals surface area contributed by atoms with Gasteiger partial charge in [-0.15, -0.1) is 18.2 Å². The summed E-state index contributed by atoms with van der Waals surface area (Å²) in [6.07, 6.45) is 2.11. The largest absolute Gasteiger partial charge is 0.501 e. The molecule has 0 unspecified atom stereocenters. The number of para-hydroxylation sites is 3. The van der Waals surface area contributed by atoms with Crippen molar-refractivity contribution < 1.29 is 28.9 Å². The summed E-state index contributed by atoms with van der Waals surface area (Å²) >= 11 is -2.01. The van der Waals surface area contributed by atoms with Gasteiger partial charge in [0.15, 0.2) is 0 Å². The van der Waals surface area contributed by atoms with Gasteiger partial charge in [0.25, 0.3) is 0 Å². The molecule has 0 spiro atoms. The normalized spacial score (nSPS) is 12.2. The van der Waals surface area contributed by atoms with E-state index in [1.165, 1.54) is 32.3 Å². The molecule has 0 atom stereocenters. The molecule has 0 saturated heterocycles. The van der Waals surface area contributed by atoms with Crippen molar-refractivity contribution in [2.24, 2.45) is 0 Å². The minimum absolute atomic E-state index is 0. The molecule has 0 amide bonds. The Bertz CT molecular complexity index is 3710. The fourth-order valence-electron chi connectivity index (χ4n) is 9.85. The number of nitrogens with zero attached hydrogens (tertiary/aromatic N) is 4. The van der Waals surface area contributed by atoms with E-state index in [2.05, 4.69) is 218 Å². The van der Waals surface area contributed by atoms with Gasteiger partial charge in [-0.3, -0.25) is 4.98 Å². The van der Waals surface area contributed by atoms with Crippen LogP contribution in [0, 0.1) is 12.1 Å².